The molecule has 0 N–H and O–H groups in total. The third-order valence-electron chi connectivity index (χ3n) is 7.84. The van der Waals surface area contributed by atoms with Gasteiger partial charge in [-0.05, 0) is 54.5 Å². The van der Waals surface area contributed by atoms with E-state index in [1.165, 1.54) is 11.1 Å². The Labute approximate surface area is 222 Å². The maximum absolute atomic E-state index is 13.2. The first-order valence-corrected chi connectivity index (χ1v) is 13.2. The maximum Gasteiger partial charge on any atom is 0.316 e. The molecule has 0 atom stereocenters. The largest absolute Gasteiger partial charge is 0.465 e. The fourth-order valence-electron chi connectivity index (χ4n) is 5.40. The molecule has 0 unspecified atom stereocenters. The third kappa shape index (κ3) is 4.30. The second-order valence-corrected chi connectivity index (χ2v) is 10.2. The fraction of sp³-hybridized carbons (Fsp3) is 0.281. The van der Waals surface area contributed by atoms with Gasteiger partial charge in [-0.25, -0.2) is 0 Å². The highest BCUT2D eigenvalue weighted by atomic mass is 16.5. The molecule has 1 aromatic heterocycles. The smallest absolute Gasteiger partial charge is 0.316 e. The fourth-order valence-corrected chi connectivity index (χ4v) is 5.40. The molecule has 6 heteroatoms. The van der Waals surface area contributed by atoms with Crippen LogP contribution in [0.25, 0.3) is 22.5 Å². The van der Waals surface area contributed by atoms with Crippen LogP contribution in [0.4, 0.5) is 0 Å². The molecule has 2 aliphatic rings. The standard InChI is InChI=1S/C32H30N2O4/c1-3-37-31(36)32(16-17-32)27-14-12-23(13-15-27)22-8-10-24(11-9-22)30-28(21(2)33-38-30)18-29(35)34-19-25-6-4-5-7-26(25)20-34/h4-15H,3,16-20H2,1-2H3. The average Bonchev–Trinajstić information content (AvgIpc) is 3.52. The number of nitrogens with zero attached hydrogens (tertiary/aromatic N) is 2. The van der Waals surface area contributed by atoms with Crippen molar-refractivity contribution in [2.75, 3.05) is 6.61 Å². The van der Waals surface area contributed by atoms with Crippen molar-refractivity contribution in [3.63, 3.8) is 0 Å². The SMILES string of the molecule is CCOC(=O)C1(c2ccc(-c3ccc(-c4onc(C)c4CC(=O)N4Cc5ccccc5C4)cc3)cc2)CC1. The van der Waals surface area contributed by atoms with E-state index in [-0.39, 0.29) is 18.3 Å². The molecule has 1 amide bonds. The van der Waals surface area contributed by atoms with E-state index < -0.39 is 5.41 Å². The highest BCUT2D eigenvalue weighted by Gasteiger charge is 2.52. The van der Waals surface area contributed by atoms with Crippen molar-refractivity contribution in [3.8, 4) is 22.5 Å². The van der Waals surface area contributed by atoms with Crippen LogP contribution >= 0.6 is 0 Å². The summed E-state index contributed by atoms with van der Waals surface area (Å²) in [5.74, 6) is 0.587. The predicted molar refractivity (Wildman–Crippen MR) is 144 cm³/mol. The lowest BCUT2D eigenvalue weighted by Gasteiger charge is -2.15. The topological polar surface area (TPSA) is 72.6 Å². The minimum Gasteiger partial charge on any atom is -0.465 e. The van der Waals surface area contributed by atoms with Gasteiger partial charge in [-0.15, -0.1) is 0 Å². The summed E-state index contributed by atoms with van der Waals surface area (Å²) >= 11 is 0. The van der Waals surface area contributed by atoms with Crippen LogP contribution in [0.2, 0.25) is 0 Å². The van der Waals surface area contributed by atoms with E-state index in [0.29, 0.717) is 25.5 Å². The van der Waals surface area contributed by atoms with Gasteiger partial charge in [0, 0.05) is 24.2 Å². The summed E-state index contributed by atoms with van der Waals surface area (Å²) in [4.78, 5) is 27.5. The highest BCUT2D eigenvalue weighted by molar-refractivity contribution is 5.87. The van der Waals surface area contributed by atoms with E-state index in [4.69, 9.17) is 9.26 Å². The zero-order valence-electron chi connectivity index (χ0n) is 21.7. The van der Waals surface area contributed by atoms with Crippen molar-refractivity contribution in [2.45, 2.75) is 51.6 Å². The number of carbonyl (C=O) groups is 2. The molecule has 4 aromatic rings. The minimum absolute atomic E-state index is 0.0710. The average molecular weight is 507 g/mol. The Morgan fingerprint density at radius 1 is 0.895 bits per heavy atom. The second-order valence-electron chi connectivity index (χ2n) is 10.2. The number of carbonyl (C=O) groups excluding carboxylic acids is 2. The van der Waals surface area contributed by atoms with Crippen LogP contribution in [0.1, 0.15) is 47.7 Å². The molecule has 192 valence electrons. The van der Waals surface area contributed by atoms with Crippen molar-refractivity contribution in [2.24, 2.45) is 0 Å². The van der Waals surface area contributed by atoms with Gasteiger partial charge < -0.3 is 14.2 Å². The molecule has 3 aromatic carbocycles. The number of hydrogen-bond donors (Lipinski definition) is 0. The van der Waals surface area contributed by atoms with Crippen LogP contribution in [-0.2, 0) is 39.3 Å². The number of aryl methyl sites for hydroxylation is 1. The van der Waals surface area contributed by atoms with Gasteiger partial charge in [0.25, 0.3) is 0 Å². The molecule has 6 nitrogen and oxygen atoms in total. The molecule has 1 saturated carbocycles. The summed E-state index contributed by atoms with van der Waals surface area (Å²) in [5.41, 5.74) is 7.55. The number of hydrogen-bond acceptors (Lipinski definition) is 5. The van der Waals surface area contributed by atoms with Crippen molar-refractivity contribution in [1.29, 1.82) is 0 Å². The molecule has 2 heterocycles. The van der Waals surface area contributed by atoms with Gasteiger partial charge in [0.05, 0.1) is 24.1 Å². The van der Waals surface area contributed by atoms with Crippen molar-refractivity contribution in [3.05, 3.63) is 101 Å². The summed E-state index contributed by atoms with van der Waals surface area (Å²) in [6, 6.07) is 24.5. The molecular weight excluding hydrogens is 476 g/mol. The van der Waals surface area contributed by atoms with Gasteiger partial charge >= 0.3 is 5.97 Å². The number of fused-ring (bicyclic) bond motifs is 1. The van der Waals surface area contributed by atoms with E-state index in [1.54, 1.807) is 0 Å². The molecule has 1 aliphatic carbocycles. The summed E-state index contributed by atoms with van der Waals surface area (Å²) in [5, 5.41) is 4.18. The van der Waals surface area contributed by atoms with Crippen LogP contribution in [0.5, 0.6) is 0 Å². The first kappa shape index (κ1) is 24.2. The van der Waals surface area contributed by atoms with Gasteiger partial charge in [0.15, 0.2) is 5.76 Å². The summed E-state index contributed by atoms with van der Waals surface area (Å²) in [6.45, 7) is 5.41. The van der Waals surface area contributed by atoms with Gasteiger partial charge in [0.1, 0.15) is 0 Å². The number of aromatic nitrogens is 1. The van der Waals surface area contributed by atoms with Crippen molar-refractivity contribution < 1.29 is 18.8 Å². The molecular formula is C32H30N2O4. The van der Waals surface area contributed by atoms with Crippen molar-refractivity contribution >= 4 is 11.9 Å². The molecule has 1 aliphatic heterocycles. The lowest BCUT2D eigenvalue weighted by atomic mass is 9.93. The number of benzene rings is 3. The van der Waals surface area contributed by atoms with Crippen LogP contribution in [0.15, 0.2) is 77.3 Å². The molecule has 38 heavy (non-hydrogen) atoms. The van der Waals surface area contributed by atoms with Crippen LogP contribution in [0, 0.1) is 6.92 Å². The Morgan fingerprint density at radius 3 is 2.05 bits per heavy atom. The third-order valence-corrected chi connectivity index (χ3v) is 7.84. The highest BCUT2D eigenvalue weighted by Crippen LogP contribution is 2.49. The first-order valence-electron chi connectivity index (χ1n) is 13.2. The zero-order valence-corrected chi connectivity index (χ0v) is 21.7. The van der Waals surface area contributed by atoms with E-state index in [2.05, 4.69) is 29.4 Å². The van der Waals surface area contributed by atoms with Gasteiger partial charge in [0.2, 0.25) is 5.91 Å². The molecule has 0 radical (unpaired) electrons. The van der Waals surface area contributed by atoms with Crippen molar-refractivity contribution in [1.82, 2.24) is 10.1 Å². The van der Waals surface area contributed by atoms with Crippen LogP contribution in [0.3, 0.4) is 0 Å². The second kappa shape index (κ2) is 9.60. The predicted octanol–water partition coefficient (Wildman–Crippen LogP) is 6.00. The monoisotopic (exact) mass is 506 g/mol. The maximum atomic E-state index is 13.2. The summed E-state index contributed by atoms with van der Waals surface area (Å²) < 4.78 is 11.0. The number of esters is 1. The lowest BCUT2D eigenvalue weighted by molar-refractivity contribution is -0.146. The van der Waals surface area contributed by atoms with Gasteiger partial charge in [-0.1, -0.05) is 78.0 Å². The quantitative estimate of drug-likeness (QED) is 0.288. The van der Waals surface area contributed by atoms with Crippen LogP contribution in [-0.4, -0.2) is 28.5 Å². The zero-order chi connectivity index (χ0) is 26.3. The molecule has 0 saturated heterocycles. The molecule has 1 fully saturated rings. The van der Waals surface area contributed by atoms with E-state index >= 15 is 0 Å². The van der Waals surface area contributed by atoms with Gasteiger partial charge in [-0.2, -0.15) is 0 Å². The Kier molecular flexibility index (Phi) is 6.10. The Bertz CT molecular complexity index is 1470. The Morgan fingerprint density at radius 2 is 1.47 bits per heavy atom. The number of amides is 1. The molecule has 0 spiro atoms. The van der Waals surface area contributed by atoms with Crippen LogP contribution < -0.4 is 0 Å². The normalized spacial score (nSPS) is 15.3. The Balaban J connectivity index is 1.17. The first-order chi connectivity index (χ1) is 18.5. The molecule has 6 rings (SSSR count). The molecule has 0 bridgehead atoms. The Hall–Kier alpha value is -4.19. The summed E-state index contributed by atoms with van der Waals surface area (Å²) in [6.07, 6.45) is 1.93. The van der Waals surface area contributed by atoms with E-state index in [1.807, 2.05) is 67.3 Å². The summed E-state index contributed by atoms with van der Waals surface area (Å²) in [7, 11) is 0. The number of rotatable bonds is 7. The lowest BCUT2D eigenvalue weighted by Crippen LogP contribution is -2.27. The van der Waals surface area contributed by atoms with Gasteiger partial charge in [-0.3, -0.25) is 9.59 Å². The number of ether oxygens (including phenoxy) is 1. The van der Waals surface area contributed by atoms with E-state index in [9.17, 15) is 9.59 Å². The minimum atomic E-state index is -0.464. The van der Waals surface area contributed by atoms with E-state index in [0.717, 1.165) is 46.4 Å².